The maximum Gasteiger partial charge on any atom is 0.317 e. The standard InChI is InChI=1S/C24H22N4O2S/c1-28-22-10-6-5-9-21(22)26-24(28)31-17-23(29)27-25-15-18-11-13-20(14-12-18)30-16-19-7-3-2-4-8-19/h2-15H,16-17H2,1H3,(H,27,29)/p+1. The number of rotatable bonds is 8. The summed E-state index contributed by atoms with van der Waals surface area (Å²) in [6, 6.07) is 25.6. The van der Waals surface area contributed by atoms with Gasteiger partial charge in [-0.15, -0.1) is 0 Å². The topological polar surface area (TPSA) is 70.4 Å². The molecule has 6 nitrogen and oxygen atoms in total. The molecule has 0 saturated heterocycles. The smallest absolute Gasteiger partial charge is 0.317 e. The minimum atomic E-state index is -0.164. The van der Waals surface area contributed by atoms with Crippen LogP contribution in [0.25, 0.3) is 11.0 Å². The van der Waals surface area contributed by atoms with E-state index >= 15 is 0 Å². The fourth-order valence-corrected chi connectivity index (χ4v) is 3.86. The molecule has 7 heteroatoms. The summed E-state index contributed by atoms with van der Waals surface area (Å²) in [6.07, 6.45) is 1.62. The molecule has 3 aromatic carbocycles. The van der Waals surface area contributed by atoms with Crippen LogP contribution in [0.15, 0.2) is 89.1 Å². The monoisotopic (exact) mass is 431 g/mol. The zero-order valence-corrected chi connectivity index (χ0v) is 17.9. The Morgan fingerprint density at radius 3 is 2.58 bits per heavy atom. The van der Waals surface area contributed by atoms with E-state index in [0.717, 1.165) is 33.1 Å². The highest BCUT2D eigenvalue weighted by atomic mass is 32.2. The molecule has 1 aromatic heterocycles. The Labute approximate surface area is 185 Å². The number of carbonyl (C=O) groups is 1. The van der Waals surface area contributed by atoms with Gasteiger partial charge in [0.2, 0.25) is 0 Å². The predicted molar refractivity (Wildman–Crippen MR) is 123 cm³/mol. The van der Waals surface area contributed by atoms with Gasteiger partial charge >= 0.3 is 5.16 Å². The summed E-state index contributed by atoms with van der Waals surface area (Å²) in [4.78, 5) is 15.4. The van der Waals surface area contributed by atoms with Gasteiger partial charge in [0.25, 0.3) is 5.91 Å². The average Bonchev–Trinajstić information content (AvgIpc) is 3.13. The number of ether oxygens (including phenoxy) is 1. The number of nitrogens with one attached hydrogen (secondary N) is 2. The molecule has 0 aliphatic heterocycles. The molecule has 0 atom stereocenters. The maximum atomic E-state index is 12.1. The highest BCUT2D eigenvalue weighted by Crippen LogP contribution is 2.17. The highest BCUT2D eigenvalue weighted by molar-refractivity contribution is 7.99. The Balaban J connectivity index is 1.24. The van der Waals surface area contributed by atoms with E-state index in [9.17, 15) is 4.79 Å². The molecule has 1 amide bonds. The van der Waals surface area contributed by atoms with Gasteiger partial charge in [-0.05, 0) is 59.3 Å². The lowest BCUT2D eigenvalue weighted by atomic mass is 10.2. The predicted octanol–water partition coefficient (Wildman–Crippen LogP) is 3.81. The Morgan fingerprint density at radius 1 is 1.06 bits per heavy atom. The van der Waals surface area contributed by atoms with Gasteiger partial charge in [0.1, 0.15) is 12.4 Å². The molecule has 0 fully saturated rings. The number of carbonyl (C=O) groups excluding carboxylic acids is 1. The molecule has 0 spiro atoms. The van der Waals surface area contributed by atoms with E-state index in [1.807, 2.05) is 90.5 Å². The number of hydrogen-bond acceptors (Lipinski definition) is 4. The average molecular weight is 432 g/mol. The number of aromatic amines is 1. The van der Waals surface area contributed by atoms with Gasteiger partial charge in [0, 0.05) is 0 Å². The minimum Gasteiger partial charge on any atom is -0.489 e. The molecule has 0 bridgehead atoms. The van der Waals surface area contributed by atoms with Crippen molar-refractivity contribution in [2.24, 2.45) is 12.1 Å². The maximum absolute atomic E-state index is 12.1. The van der Waals surface area contributed by atoms with E-state index in [4.69, 9.17) is 4.74 Å². The SMILES string of the molecule is C[n+]1c(SCC(=O)NN=Cc2ccc(OCc3ccccc3)cc2)[nH]c2ccccc21. The van der Waals surface area contributed by atoms with Crippen molar-refractivity contribution in [1.82, 2.24) is 10.4 Å². The molecule has 31 heavy (non-hydrogen) atoms. The van der Waals surface area contributed by atoms with Crippen LogP contribution in [0, 0.1) is 0 Å². The lowest BCUT2D eigenvalue weighted by molar-refractivity contribution is -0.683. The molecule has 4 aromatic rings. The molecule has 0 aliphatic carbocycles. The third-order valence-corrected chi connectivity index (χ3v) is 5.74. The van der Waals surface area contributed by atoms with E-state index in [1.54, 1.807) is 6.21 Å². The molecule has 0 radical (unpaired) electrons. The summed E-state index contributed by atoms with van der Waals surface area (Å²) in [5.74, 6) is 0.889. The molecule has 0 saturated carbocycles. The Kier molecular flexibility index (Phi) is 6.64. The van der Waals surface area contributed by atoms with Gasteiger partial charge in [-0.1, -0.05) is 42.5 Å². The molecule has 4 rings (SSSR count). The molecular formula is C24H23N4O2S+. The van der Waals surface area contributed by atoms with Crippen molar-refractivity contribution in [3.8, 4) is 5.75 Å². The van der Waals surface area contributed by atoms with Gasteiger partial charge in [0.05, 0.1) is 19.0 Å². The first-order valence-corrected chi connectivity index (χ1v) is 10.9. The molecule has 2 N–H and O–H groups in total. The lowest BCUT2D eigenvalue weighted by Gasteiger charge is -2.06. The number of aromatic nitrogens is 2. The summed E-state index contributed by atoms with van der Waals surface area (Å²) < 4.78 is 7.81. The van der Waals surface area contributed by atoms with E-state index in [0.29, 0.717) is 6.61 Å². The molecule has 1 heterocycles. The van der Waals surface area contributed by atoms with Gasteiger partial charge in [-0.2, -0.15) is 5.10 Å². The lowest BCUT2D eigenvalue weighted by Crippen LogP contribution is -2.30. The number of benzene rings is 3. The van der Waals surface area contributed by atoms with Crippen molar-refractivity contribution in [2.75, 3.05) is 5.75 Å². The first-order chi connectivity index (χ1) is 15.2. The number of fused-ring (bicyclic) bond motifs is 1. The van der Waals surface area contributed by atoms with Crippen LogP contribution in [-0.4, -0.2) is 22.9 Å². The van der Waals surface area contributed by atoms with Crippen molar-refractivity contribution < 1.29 is 14.1 Å². The number of para-hydroxylation sites is 2. The first-order valence-electron chi connectivity index (χ1n) is 9.87. The van der Waals surface area contributed by atoms with Crippen LogP contribution in [0.4, 0.5) is 0 Å². The summed E-state index contributed by atoms with van der Waals surface area (Å²) in [7, 11) is 1.98. The molecular weight excluding hydrogens is 408 g/mol. The Bertz CT molecular complexity index is 1190. The van der Waals surface area contributed by atoms with Crippen molar-refractivity contribution in [1.29, 1.82) is 0 Å². The minimum absolute atomic E-state index is 0.164. The number of thioether (sulfide) groups is 1. The van der Waals surface area contributed by atoms with Crippen LogP contribution in [0.3, 0.4) is 0 Å². The summed E-state index contributed by atoms with van der Waals surface area (Å²) in [5, 5.41) is 4.97. The second kappa shape index (κ2) is 9.95. The van der Waals surface area contributed by atoms with E-state index in [2.05, 4.69) is 15.5 Å². The van der Waals surface area contributed by atoms with E-state index < -0.39 is 0 Å². The summed E-state index contributed by atoms with van der Waals surface area (Å²) in [6.45, 7) is 0.524. The molecule has 156 valence electrons. The molecule has 0 unspecified atom stereocenters. The number of hydrogen-bond donors (Lipinski definition) is 2. The van der Waals surface area contributed by atoms with Crippen LogP contribution in [0.2, 0.25) is 0 Å². The van der Waals surface area contributed by atoms with Crippen LogP contribution >= 0.6 is 11.8 Å². The van der Waals surface area contributed by atoms with Gasteiger partial charge < -0.3 is 4.74 Å². The van der Waals surface area contributed by atoms with Gasteiger partial charge in [-0.25, -0.2) is 15.0 Å². The van der Waals surface area contributed by atoms with Gasteiger partial charge in [0.15, 0.2) is 11.0 Å². The Hall–Kier alpha value is -3.58. The van der Waals surface area contributed by atoms with Crippen molar-refractivity contribution in [3.05, 3.63) is 90.0 Å². The zero-order valence-electron chi connectivity index (χ0n) is 17.1. The Morgan fingerprint density at radius 2 is 1.81 bits per heavy atom. The van der Waals surface area contributed by atoms with Crippen LogP contribution in [-0.2, 0) is 18.4 Å². The fourth-order valence-electron chi connectivity index (χ4n) is 3.05. The van der Waals surface area contributed by atoms with Crippen LogP contribution in [0.5, 0.6) is 5.75 Å². The number of hydrazone groups is 1. The van der Waals surface area contributed by atoms with E-state index in [-0.39, 0.29) is 11.7 Å². The van der Waals surface area contributed by atoms with E-state index in [1.165, 1.54) is 11.8 Å². The molecule has 0 aliphatic rings. The third kappa shape index (κ3) is 5.52. The van der Waals surface area contributed by atoms with Gasteiger partial charge in [-0.3, -0.25) is 4.79 Å². The van der Waals surface area contributed by atoms with Crippen molar-refractivity contribution in [3.63, 3.8) is 0 Å². The van der Waals surface area contributed by atoms with Crippen molar-refractivity contribution >= 4 is 34.9 Å². The number of nitrogens with zero attached hydrogens (tertiary/aromatic N) is 2. The number of H-pyrrole nitrogens is 1. The number of imidazole rings is 1. The third-order valence-electron chi connectivity index (χ3n) is 4.68. The van der Waals surface area contributed by atoms with Crippen LogP contribution < -0.4 is 14.7 Å². The summed E-state index contributed by atoms with van der Waals surface area (Å²) in [5.41, 5.74) is 6.71. The normalized spacial score (nSPS) is 11.1. The van der Waals surface area contributed by atoms with Crippen LogP contribution in [0.1, 0.15) is 11.1 Å². The fraction of sp³-hybridized carbons (Fsp3) is 0.125. The largest absolute Gasteiger partial charge is 0.489 e. The second-order valence-corrected chi connectivity index (χ2v) is 7.90. The quantitative estimate of drug-likeness (QED) is 0.193. The summed E-state index contributed by atoms with van der Waals surface area (Å²) >= 11 is 1.44. The highest BCUT2D eigenvalue weighted by Gasteiger charge is 2.16. The van der Waals surface area contributed by atoms with Crippen molar-refractivity contribution in [2.45, 2.75) is 11.8 Å². The zero-order chi connectivity index (χ0) is 21.5. The first kappa shape index (κ1) is 20.7. The second-order valence-electron chi connectivity index (χ2n) is 6.93. The number of amides is 1. The number of aryl methyl sites for hydroxylation is 1.